The van der Waals surface area contributed by atoms with Gasteiger partial charge in [0, 0.05) is 30.3 Å². The maximum Gasteiger partial charge on any atom is 0.336 e. The number of hydrogen-bond acceptors (Lipinski definition) is 8. The lowest BCUT2D eigenvalue weighted by atomic mass is 9.70. The predicted molar refractivity (Wildman–Crippen MR) is 130 cm³/mol. The molecule has 1 aliphatic rings. The van der Waals surface area contributed by atoms with Gasteiger partial charge in [-0.1, -0.05) is 42.5 Å². The minimum absolute atomic E-state index is 0.135. The van der Waals surface area contributed by atoms with E-state index in [0.29, 0.717) is 24.2 Å². The predicted octanol–water partition coefficient (Wildman–Crippen LogP) is 3.46. The molecule has 0 saturated heterocycles. The first-order chi connectivity index (χ1) is 16.7. The summed E-state index contributed by atoms with van der Waals surface area (Å²) in [4.78, 5) is 37.3. The van der Waals surface area contributed by atoms with Crippen LogP contribution in [-0.2, 0) is 25.5 Å². The lowest BCUT2D eigenvalue weighted by Crippen LogP contribution is -2.65. The Morgan fingerprint density at radius 3 is 2.51 bits per heavy atom. The number of nitrogens with zero attached hydrogens (tertiary/aromatic N) is 1. The lowest BCUT2D eigenvalue weighted by molar-refractivity contribution is -0.384. The Hall–Kier alpha value is -3.72. The Morgan fingerprint density at radius 2 is 1.89 bits per heavy atom. The molecule has 0 spiro atoms. The van der Waals surface area contributed by atoms with Crippen LogP contribution >= 0.6 is 0 Å². The zero-order chi connectivity index (χ0) is 25.6. The first-order valence-electron chi connectivity index (χ1n) is 11.5. The van der Waals surface area contributed by atoms with Crippen LogP contribution in [0.2, 0.25) is 0 Å². The van der Waals surface area contributed by atoms with Crippen molar-refractivity contribution in [1.82, 2.24) is 10.6 Å². The van der Waals surface area contributed by atoms with Crippen molar-refractivity contribution in [2.45, 2.75) is 38.8 Å². The highest BCUT2D eigenvalue weighted by Crippen LogP contribution is 2.44. The van der Waals surface area contributed by atoms with Crippen molar-refractivity contribution in [3.63, 3.8) is 0 Å². The van der Waals surface area contributed by atoms with Crippen LogP contribution in [0.15, 0.2) is 65.9 Å². The summed E-state index contributed by atoms with van der Waals surface area (Å²) in [5.74, 6) is -2.90. The minimum Gasteiger partial charge on any atom is -0.466 e. The molecule has 1 aliphatic heterocycles. The molecule has 2 aromatic carbocycles. The normalized spacial score (nSPS) is 21.7. The van der Waals surface area contributed by atoms with Crippen molar-refractivity contribution in [1.29, 1.82) is 0 Å². The van der Waals surface area contributed by atoms with Gasteiger partial charge in [0.2, 0.25) is 0 Å². The minimum atomic E-state index is -1.02. The van der Waals surface area contributed by atoms with Crippen LogP contribution in [0.5, 0.6) is 0 Å². The third-order valence-electron chi connectivity index (χ3n) is 6.25. The highest BCUT2D eigenvalue weighted by atomic mass is 16.6. The molecule has 3 rings (SSSR count). The van der Waals surface area contributed by atoms with Crippen LogP contribution in [0.25, 0.3) is 0 Å². The molecule has 0 saturated carbocycles. The fourth-order valence-corrected chi connectivity index (χ4v) is 4.72. The molecule has 0 aromatic heterocycles. The summed E-state index contributed by atoms with van der Waals surface area (Å²) in [5, 5.41) is 18.2. The van der Waals surface area contributed by atoms with Crippen molar-refractivity contribution in [3.05, 3.63) is 87.1 Å². The Morgan fingerprint density at radius 1 is 1.17 bits per heavy atom. The molecule has 3 atom stereocenters. The van der Waals surface area contributed by atoms with Crippen molar-refractivity contribution in [2.24, 2.45) is 5.92 Å². The summed E-state index contributed by atoms with van der Waals surface area (Å²) in [5.41, 5.74) is 1.18. The quantitative estimate of drug-likeness (QED) is 0.317. The first-order valence-corrected chi connectivity index (χ1v) is 11.5. The Balaban J connectivity index is 2.10. The summed E-state index contributed by atoms with van der Waals surface area (Å²) < 4.78 is 10.5. The van der Waals surface area contributed by atoms with Gasteiger partial charge in [0.15, 0.2) is 0 Å². The van der Waals surface area contributed by atoms with Crippen LogP contribution in [0, 0.1) is 16.0 Å². The van der Waals surface area contributed by atoms with Gasteiger partial charge in [0.25, 0.3) is 5.69 Å². The number of rotatable bonds is 9. The number of benzene rings is 2. The third kappa shape index (κ3) is 5.68. The molecule has 2 aromatic rings. The summed E-state index contributed by atoms with van der Waals surface area (Å²) in [6.45, 7) is 5.95. The molecule has 2 N–H and O–H groups in total. The van der Waals surface area contributed by atoms with Crippen LogP contribution in [0.4, 0.5) is 5.69 Å². The van der Waals surface area contributed by atoms with E-state index in [1.165, 1.54) is 19.2 Å². The topological polar surface area (TPSA) is 120 Å². The summed E-state index contributed by atoms with van der Waals surface area (Å²) in [6, 6.07) is 15.9. The van der Waals surface area contributed by atoms with Crippen LogP contribution < -0.4 is 10.6 Å². The van der Waals surface area contributed by atoms with Gasteiger partial charge < -0.3 is 14.8 Å². The van der Waals surface area contributed by atoms with Gasteiger partial charge in [-0.25, -0.2) is 4.79 Å². The number of hydrogen-bond donors (Lipinski definition) is 2. The van der Waals surface area contributed by atoms with E-state index < -0.39 is 34.4 Å². The average molecular weight is 482 g/mol. The highest BCUT2D eigenvalue weighted by Gasteiger charge is 2.52. The smallest absolute Gasteiger partial charge is 0.336 e. The Kier molecular flexibility index (Phi) is 8.24. The number of nitro groups is 1. The number of ether oxygens (including phenoxy) is 2. The zero-order valence-electron chi connectivity index (χ0n) is 20.4. The monoisotopic (exact) mass is 481 g/mol. The number of esters is 2. The third-order valence-corrected chi connectivity index (χ3v) is 6.25. The molecule has 0 fully saturated rings. The number of nitrogens with one attached hydrogen (secondary N) is 2. The number of carbonyl (C=O) groups excluding carboxylic acids is 2. The van der Waals surface area contributed by atoms with Gasteiger partial charge in [-0.15, -0.1) is 0 Å². The molecular weight excluding hydrogens is 450 g/mol. The van der Waals surface area contributed by atoms with E-state index in [0.717, 1.165) is 5.56 Å². The van der Waals surface area contributed by atoms with E-state index in [1.807, 2.05) is 37.3 Å². The standard InChI is InChI=1S/C26H31N3O6/c1-5-35-25(31)23-22(19-12-9-13-20(16-19)29(32)33)21(24(30)34-4)17(2)28-26(23,3)27-15-14-18-10-7-6-8-11-18/h6-13,16,22-23,27-28H,5,14-15H2,1-4H3. The molecule has 0 bridgehead atoms. The van der Waals surface area contributed by atoms with Gasteiger partial charge in [-0.05, 0) is 38.3 Å². The molecule has 35 heavy (non-hydrogen) atoms. The molecule has 0 amide bonds. The second kappa shape index (κ2) is 11.1. The van der Waals surface area contributed by atoms with E-state index in [1.54, 1.807) is 26.0 Å². The molecule has 9 heteroatoms. The van der Waals surface area contributed by atoms with Gasteiger partial charge in [-0.2, -0.15) is 0 Å². The SMILES string of the molecule is CCOC(=O)C1C(c2cccc([N+](=O)[O-])c2)C(C(=O)OC)=C(C)NC1(C)NCCc1ccccc1. The number of non-ortho nitro benzene ring substituents is 1. The summed E-state index contributed by atoms with van der Waals surface area (Å²) >= 11 is 0. The largest absolute Gasteiger partial charge is 0.466 e. The van der Waals surface area contributed by atoms with Crippen LogP contribution in [-0.4, -0.2) is 42.8 Å². The number of allylic oxidation sites excluding steroid dienone is 1. The van der Waals surface area contributed by atoms with E-state index in [2.05, 4.69) is 10.6 Å². The number of methoxy groups -OCH3 is 1. The fraction of sp³-hybridized carbons (Fsp3) is 0.385. The van der Waals surface area contributed by atoms with Gasteiger partial charge >= 0.3 is 11.9 Å². The molecular formula is C26H31N3O6. The Bertz CT molecular complexity index is 1120. The molecule has 0 aliphatic carbocycles. The van der Waals surface area contributed by atoms with Crippen molar-refractivity contribution in [2.75, 3.05) is 20.3 Å². The van der Waals surface area contributed by atoms with Crippen molar-refractivity contribution < 1.29 is 24.0 Å². The Labute approximate surface area is 204 Å². The fourth-order valence-electron chi connectivity index (χ4n) is 4.72. The zero-order valence-corrected chi connectivity index (χ0v) is 20.4. The van der Waals surface area contributed by atoms with Gasteiger partial charge in [0.1, 0.15) is 5.92 Å². The van der Waals surface area contributed by atoms with Crippen LogP contribution in [0.3, 0.4) is 0 Å². The van der Waals surface area contributed by atoms with Crippen molar-refractivity contribution in [3.8, 4) is 0 Å². The summed E-state index contributed by atoms with van der Waals surface area (Å²) in [6.07, 6.45) is 0.710. The van der Waals surface area contributed by atoms with Crippen LogP contribution in [0.1, 0.15) is 37.8 Å². The highest BCUT2D eigenvalue weighted by molar-refractivity contribution is 5.93. The van der Waals surface area contributed by atoms with Crippen molar-refractivity contribution >= 4 is 17.6 Å². The van der Waals surface area contributed by atoms with E-state index >= 15 is 0 Å². The van der Waals surface area contributed by atoms with E-state index in [4.69, 9.17) is 9.47 Å². The molecule has 0 radical (unpaired) electrons. The van der Waals surface area contributed by atoms with E-state index in [9.17, 15) is 19.7 Å². The number of nitro benzene ring substituents is 1. The molecule has 186 valence electrons. The first kappa shape index (κ1) is 25.9. The second-order valence-electron chi connectivity index (χ2n) is 8.58. The van der Waals surface area contributed by atoms with Gasteiger partial charge in [0.05, 0.1) is 29.9 Å². The molecule has 9 nitrogen and oxygen atoms in total. The second-order valence-corrected chi connectivity index (χ2v) is 8.58. The maximum absolute atomic E-state index is 13.4. The van der Waals surface area contributed by atoms with E-state index in [-0.39, 0.29) is 17.9 Å². The number of carbonyl (C=O) groups is 2. The average Bonchev–Trinajstić information content (AvgIpc) is 2.83. The molecule has 1 heterocycles. The maximum atomic E-state index is 13.4. The summed E-state index contributed by atoms with van der Waals surface area (Å²) in [7, 11) is 1.26. The van der Waals surface area contributed by atoms with Gasteiger partial charge in [-0.3, -0.25) is 20.2 Å². The molecule has 3 unspecified atom stereocenters. The lowest BCUT2D eigenvalue weighted by Gasteiger charge is -2.47.